The van der Waals surface area contributed by atoms with Crippen molar-refractivity contribution in [2.75, 3.05) is 24.7 Å². The topological polar surface area (TPSA) is 141 Å². The van der Waals surface area contributed by atoms with Gasteiger partial charge in [-0.05, 0) is 75.4 Å². The fourth-order valence-electron chi connectivity index (χ4n) is 4.68. The number of para-hydroxylation sites is 1. The number of carbonyl (C=O) groups is 1. The third kappa shape index (κ3) is 7.04. The summed E-state index contributed by atoms with van der Waals surface area (Å²) in [6, 6.07) is 19.5. The number of nitrogens with zero attached hydrogens (tertiary/aromatic N) is 3. The second kappa shape index (κ2) is 12.4. The van der Waals surface area contributed by atoms with Crippen LogP contribution in [0.1, 0.15) is 30.0 Å². The van der Waals surface area contributed by atoms with E-state index in [-0.39, 0.29) is 36.2 Å². The number of hydrogen-bond donors (Lipinski definition) is 2. The number of amidine groups is 1. The van der Waals surface area contributed by atoms with E-state index in [1.165, 1.54) is 35.1 Å². The molecule has 0 spiro atoms. The zero-order valence-electron chi connectivity index (χ0n) is 23.4. The highest BCUT2D eigenvalue weighted by atomic mass is 32.2. The number of amides is 1. The average Bonchev–Trinajstić information content (AvgIpc) is 3.54. The molecule has 0 radical (unpaired) electrons. The highest BCUT2D eigenvalue weighted by Gasteiger charge is 2.26. The summed E-state index contributed by atoms with van der Waals surface area (Å²) in [6.07, 6.45) is 4.54. The van der Waals surface area contributed by atoms with Gasteiger partial charge in [0.2, 0.25) is 16.9 Å². The summed E-state index contributed by atoms with van der Waals surface area (Å²) in [6.45, 7) is 2.01. The summed E-state index contributed by atoms with van der Waals surface area (Å²) in [5.41, 5.74) is 5.23. The summed E-state index contributed by atoms with van der Waals surface area (Å²) >= 11 is 0. The molecular formula is C31H28FN5O5S. The van der Waals surface area contributed by atoms with Gasteiger partial charge in [0.15, 0.2) is 9.84 Å². The molecule has 0 fully saturated rings. The molecule has 0 saturated heterocycles. The molecule has 0 atom stereocenters. The molecule has 1 aliphatic rings. The van der Waals surface area contributed by atoms with Gasteiger partial charge < -0.3 is 15.7 Å². The number of aliphatic imine (C=N–C) groups is 1. The smallest absolute Gasteiger partial charge is 0.300 e. The first-order valence-corrected chi connectivity index (χ1v) is 15.2. The molecule has 0 bridgehead atoms. The molecule has 43 heavy (non-hydrogen) atoms. The van der Waals surface area contributed by atoms with Crippen LogP contribution in [0.4, 0.5) is 10.3 Å². The molecule has 2 N–H and O–H groups in total. The fourth-order valence-corrected chi connectivity index (χ4v) is 5.31. The predicted octanol–water partition coefficient (Wildman–Crippen LogP) is 3.16. The largest absolute Gasteiger partial charge is 0.846 e. The molecule has 1 aromatic heterocycles. The SMILES string of the molecule is CC1=C(CC(=O)NCCN=C([O-])Nc2c[n+](-c3ccccc3)no2)c2cc(F)ccc2/C1=C\c1ccc(S(C)(=O)=O)cc1. The van der Waals surface area contributed by atoms with Gasteiger partial charge in [-0.3, -0.25) is 14.3 Å². The molecule has 0 saturated carbocycles. The number of fused-ring (bicyclic) bond motifs is 1. The minimum atomic E-state index is -3.32. The van der Waals surface area contributed by atoms with Crippen molar-refractivity contribution in [1.82, 2.24) is 10.6 Å². The van der Waals surface area contributed by atoms with E-state index in [9.17, 15) is 22.7 Å². The van der Waals surface area contributed by atoms with E-state index in [1.54, 1.807) is 18.2 Å². The van der Waals surface area contributed by atoms with Crippen LogP contribution in [0, 0.1) is 5.82 Å². The number of nitrogens with one attached hydrogen (secondary N) is 2. The Morgan fingerprint density at radius 1 is 1.09 bits per heavy atom. The summed E-state index contributed by atoms with van der Waals surface area (Å²) in [7, 11) is -3.32. The van der Waals surface area contributed by atoms with E-state index in [0.717, 1.165) is 34.2 Å². The van der Waals surface area contributed by atoms with Gasteiger partial charge in [-0.25, -0.2) is 12.8 Å². The lowest BCUT2D eigenvalue weighted by molar-refractivity contribution is -0.670. The van der Waals surface area contributed by atoms with Gasteiger partial charge in [0.05, 0.1) is 23.9 Å². The maximum atomic E-state index is 14.2. The van der Waals surface area contributed by atoms with Gasteiger partial charge in [0.1, 0.15) is 5.82 Å². The van der Waals surface area contributed by atoms with Crippen molar-refractivity contribution in [1.29, 1.82) is 0 Å². The average molecular weight is 602 g/mol. The molecule has 1 heterocycles. The number of hydrogen-bond acceptors (Lipinski definition) is 7. The number of benzene rings is 3. The Morgan fingerprint density at radius 2 is 1.84 bits per heavy atom. The molecule has 1 amide bonds. The van der Waals surface area contributed by atoms with Gasteiger partial charge >= 0.3 is 5.88 Å². The third-order valence-electron chi connectivity index (χ3n) is 6.82. The number of sulfone groups is 1. The minimum absolute atomic E-state index is 0.00358. The van der Waals surface area contributed by atoms with E-state index in [4.69, 9.17) is 4.52 Å². The van der Waals surface area contributed by atoms with Crippen LogP contribution >= 0.6 is 0 Å². The summed E-state index contributed by atoms with van der Waals surface area (Å²) in [5.74, 6) is -0.612. The number of anilines is 1. The Kier molecular flexibility index (Phi) is 8.48. The van der Waals surface area contributed by atoms with Crippen LogP contribution in [0.2, 0.25) is 0 Å². The maximum Gasteiger partial charge on any atom is 0.300 e. The number of allylic oxidation sites excluding steroid dienone is 2. The molecule has 4 aromatic rings. The van der Waals surface area contributed by atoms with Gasteiger partial charge in [-0.2, -0.15) is 0 Å². The van der Waals surface area contributed by atoms with Crippen LogP contribution in [0.15, 0.2) is 99.0 Å². The zero-order valence-corrected chi connectivity index (χ0v) is 24.2. The number of rotatable bonds is 9. The van der Waals surface area contributed by atoms with E-state index in [2.05, 4.69) is 20.9 Å². The quantitative estimate of drug-likeness (QED) is 0.130. The monoisotopic (exact) mass is 601 g/mol. The standard InChI is InChI=1S/C31H28FN5O5S/c1-20-26(16-21-8-11-24(12-9-21)43(2,40)41)25-13-10-22(32)17-28(25)27(20)18-29(38)33-14-15-34-31(39)35-30-19-37(36-42-30)23-6-4-3-5-7-23/h3-13,16-17,19H,14-15,18H2,1-2H3,(H2-,33,34,35,36,38,39)/b26-16-. The third-order valence-corrected chi connectivity index (χ3v) is 7.95. The van der Waals surface area contributed by atoms with Crippen LogP contribution in [0.25, 0.3) is 22.9 Å². The zero-order chi connectivity index (χ0) is 30.6. The molecule has 220 valence electrons. The van der Waals surface area contributed by atoms with Gasteiger partial charge in [0, 0.05) is 24.9 Å². The van der Waals surface area contributed by atoms with E-state index in [0.29, 0.717) is 11.1 Å². The number of carbonyl (C=O) groups excluding carboxylic acids is 1. The van der Waals surface area contributed by atoms with Crippen LogP contribution in [-0.4, -0.2) is 45.0 Å². The highest BCUT2D eigenvalue weighted by Crippen LogP contribution is 2.43. The van der Waals surface area contributed by atoms with Crippen molar-refractivity contribution >= 4 is 44.9 Å². The fraction of sp³-hybridized carbons (Fsp3) is 0.161. The summed E-state index contributed by atoms with van der Waals surface area (Å²) in [4.78, 5) is 16.9. The van der Waals surface area contributed by atoms with Crippen molar-refractivity contribution in [2.24, 2.45) is 4.99 Å². The first-order chi connectivity index (χ1) is 20.6. The van der Waals surface area contributed by atoms with Gasteiger partial charge in [-0.15, -0.1) is 0 Å². The maximum absolute atomic E-state index is 14.2. The molecule has 12 heteroatoms. The van der Waals surface area contributed by atoms with Crippen LogP contribution < -0.4 is 20.4 Å². The molecule has 1 aliphatic carbocycles. The first-order valence-electron chi connectivity index (χ1n) is 13.3. The normalized spacial score (nSPS) is 14.2. The predicted molar refractivity (Wildman–Crippen MR) is 158 cm³/mol. The second-order valence-electron chi connectivity index (χ2n) is 9.88. The lowest BCUT2D eigenvalue weighted by Gasteiger charge is -2.10. The van der Waals surface area contributed by atoms with E-state index < -0.39 is 21.7 Å². The van der Waals surface area contributed by atoms with Crippen molar-refractivity contribution < 1.29 is 31.9 Å². The van der Waals surface area contributed by atoms with Gasteiger partial charge in [-0.1, -0.05) is 36.4 Å². The molecule has 10 nitrogen and oxygen atoms in total. The van der Waals surface area contributed by atoms with Crippen LogP contribution in [0.5, 0.6) is 0 Å². The molecular weight excluding hydrogens is 573 g/mol. The van der Waals surface area contributed by atoms with Crippen molar-refractivity contribution in [3.63, 3.8) is 0 Å². The Balaban J connectivity index is 1.21. The molecule has 0 unspecified atom stereocenters. The molecule has 0 aliphatic heterocycles. The summed E-state index contributed by atoms with van der Waals surface area (Å²) < 4.78 is 44.4. The minimum Gasteiger partial charge on any atom is -0.846 e. The first kappa shape index (κ1) is 29.4. The Bertz CT molecular complexity index is 1860. The van der Waals surface area contributed by atoms with E-state index in [1.807, 2.05) is 43.3 Å². The van der Waals surface area contributed by atoms with Crippen LogP contribution in [-0.2, 0) is 14.6 Å². The van der Waals surface area contributed by atoms with Crippen molar-refractivity contribution in [3.05, 3.63) is 107 Å². The van der Waals surface area contributed by atoms with Crippen LogP contribution in [0.3, 0.4) is 0 Å². The highest BCUT2D eigenvalue weighted by molar-refractivity contribution is 7.90. The van der Waals surface area contributed by atoms with Crippen molar-refractivity contribution in [2.45, 2.75) is 18.2 Å². The lowest BCUT2D eigenvalue weighted by Crippen LogP contribution is -2.32. The molecule has 5 rings (SSSR count). The molecule has 3 aromatic carbocycles. The number of halogens is 1. The number of aromatic nitrogens is 2. The second-order valence-corrected chi connectivity index (χ2v) is 11.9. The Hall–Kier alpha value is -5.10. The Morgan fingerprint density at radius 3 is 2.56 bits per heavy atom. The van der Waals surface area contributed by atoms with Crippen molar-refractivity contribution in [3.8, 4) is 5.69 Å². The van der Waals surface area contributed by atoms with E-state index >= 15 is 0 Å². The summed E-state index contributed by atoms with van der Waals surface area (Å²) in [5, 5.41) is 21.3. The Labute approximate surface area is 247 Å². The lowest BCUT2D eigenvalue weighted by atomic mass is 10.0. The van der Waals surface area contributed by atoms with Gasteiger partial charge in [0.25, 0.3) is 6.20 Å².